The van der Waals surface area contributed by atoms with Gasteiger partial charge >= 0.3 is 0 Å². The molecule has 0 spiro atoms. The summed E-state index contributed by atoms with van der Waals surface area (Å²) < 4.78 is 7.35. The van der Waals surface area contributed by atoms with E-state index in [-0.39, 0.29) is 5.56 Å². The molecule has 1 aliphatic heterocycles. The molecular formula is C15H25N3O2. The number of nitrogens with zero attached hydrogens (tertiary/aromatic N) is 3. The lowest BCUT2D eigenvalue weighted by Gasteiger charge is -2.29. The highest BCUT2D eigenvalue weighted by Crippen LogP contribution is 2.14. The van der Waals surface area contributed by atoms with E-state index in [4.69, 9.17) is 4.74 Å². The van der Waals surface area contributed by atoms with E-state index in [1.54, 1.807) is 16.8 Å². The highest BCUT2D eigenvalue weighted by molar-refractivity contribution is 4.96. The summed E-state index contributed by atoms with van der Waals surface area (Å²) in [6.07, 6.45) is 4.90. The summed E-state index contributed by atoms with van der Waals surface area (Å²) >= 11 is 0. The Morgan fingerprint density at radius 3 is 3.00 bits per heavy atom. The average Bonchev–Trinajstić information content (AvgIpc) is 2.44. The zero-order chi connectivity index (χ0) is 14.4. The number of aromatic nitrogens is 2. The molecule has 0 radical (unpaired) electrons. The highest BCUT2D eigenvalue weighted by atomic mass is 16.5. The minimum Gasteiger partial charge on any atom is -0.377 e. The van der Waals surface area contributed by atoms with Crippen LogP contribution in [0.15, 0.2) is 16.9 Å². The summed E-state index contributed by atoms with van der Waals surface area (Å²) in [6.45, 7) is 7.32. The normalized spacial score (nSPS) is 19.4. The Morgan fingerprint density at radius 1 is 1.45 bits per heavy atom. The summed E-state index contributed by atoms with van der Waals surface area (Å²) in [6, 6.07) is 3.34. The van der Waals surface area contributed by atoms with Crippen LogP contribution in [0.5, 0.6) is 0 Å². The van der Waals surface area contributed by atoms with Crippen LogP contribution in [0, 0.1) is 6.92 Å². The quantitative estimate of drug-likeness (QED) is 0.796. The van der Waals surface area contributed by atoms with Crippen molar-refractivity contribution in [2.24, 2.45) is 0 Å². The summed E-state index contributed by atoms with van der Waals surface area (Å²) in [5.41, 5.74) is 0.830. The van der Waals surface area contributed by atoms with Gasteiger partial charge in [-0.05, 0) is 45.2 Å². The van der Waals surface area contributed by atoms with Crippen molar-refractivity contribution < 1.29 is 4.74 Å². The molecule has 5 heteroatoms. The minimum atomic E-state index is -0.0405. The maximum Gasteiger partial charge on any atom is 0.267 e. The molecule has 0 aliphatic carbocycles. The fourth-order valence-electron chi connectivity index (χ4n) is 2.62. The molecule has 0 bridgehead atoms. The largest absolute Gasteiger partial charge is 0.377 e. The number of ether oxygens (including phenoxy) is 1. The van der Waals surface area contributed by atoms with Crippen molar-refractivity contribution >= 4 is 0 Å². The molecule has 2 heterocycles. The van der Waals surface area contributed by atoms with E-state index < -0.39 is 0 Å². The Morgan fingerprint density at radius 2 is 2.30 bits per heavy atom. The van der Waals surface area contributed by atoms with Crippen molar-refractivity contribution in [2.45, 2.75) is 52.3 Å². The SMILES string of the molecule is CCCN(C[C@H]1CCCCO1)Cn1nc(C)ccc1=O. The third-order valence-electron chi connectivity index (χ3n) is 3.61. The molecule has 0 amide bonds. The molecular weight excluding hydrogens is 254 g/mol. The second-order valence-corrected chi connectivity index (χ2v) is 5.52. The molecule has 1 fully saturated rings. The molecule has 0 N–H and O–H groups in total. The topological polar surface area (TPSA) is 47.4 Å². The van der Waals surface area contributed by atoms with E-state index >= 15 is 0 Å². The number of aryl methyl sites for hydroxylation is 1. The molecule has 1 saturated heterocycles. The number of rotatable bonds is 6. The smallest absolute Gasteiger partial charge is 0.267 e. The van der Waals surface area contributed by atoms with Crippen molar-refractivity contribution in [1.82, 2.24) is 14.7 Å². The molecule has 2 rings (SSSR count). The lowest BCUT2D eigenvalue weighted by atomic mass is 10.1. The molecule has 20 heavy (non-hydrogen) atoms. The number of hydrogen-bond donors (Lipinski definition) is 0. The van der Waals surface area contributed by atoms with E-state index in [1.807, 2.05) is 6.92 Å². The molecule has 0 saturated carbocycles. The van der Waals surface area contributed by atoms with Crippen molar-refractivity contribution in [1.29, 1.82) is 0 Å². The van der Waals surface area contributed by atoms with Gasteiger partial charge < -0.3 is 4.74 Å². The van der Waals surface area contributed by atoms with Gasteiger partial charge in [0.15, 0.2) is 0 Å². The summed E-state index contributed by atoms with van der Waals surface area (Å²) in [5, 5.41) is 4.31. The molecule has 112 valence electrons. The standard InChI is InChI=1S/C15H25N3O2/c1-3-9-17(11-14-6-4-5-10-20-14)12-18-15(19)8-7-13(2)16-18/h7-8,14H,3-6,9-12H2,1-2H3/t14-/m1/s1. The molecule has 0 aromatic carbocycles. The van der Waals surface area contributed by atoms with Gasteiger partial charge in [-0.15, -0.1) is 0 Å². The van der Waals surface area contributed by atoms with E-state index in [0.29, 0.717) is 12.8 Å². The predicted molar refractivity (Wildman–Crippen MR) is 78.7 cm³/mol. The molecule has 1 aromatic heterocycles. The monoisotopic (exact) mass is 279 g/mol. The van der Waals surface area contributed by atoms with Crippen LogP contribution in [0.3, 0.4) is 0 Å². The van der Waals surface area contributed by atoms with Crippen LogP contribution >= 0.6 is 0 Å². The van der Waals surface area contributed by atoms with Crippen LogP contribution in [0.4, 0.5) is 0 Å². The Balaban J connectivity index is 2.00. The van der Waals surface area contributed by atoms with Crippen LogP contribution in [0.2, 0.25) is 0 Å². The van der Waals surface area contributed by atoms with Crippen molar-refractivity contribution in [3.05, 3.63) is 28.2 Å². The van der Waals surface area contributed by atoms with Crippen molar-refractivity contribution in [3.8, 4) is 0 Å². The van der Waals surface area contributed by atoms with E-state index in [9.17, 15) is 4.79 Å². The predicted octanol–water partition coefficient (Wildman–Crippen LogP) is 1.79. The first-order valence-electron chi connectivity index (χ1n) is 7.57. The van der Waals surface area contributed by atoms with Gasteiger partial charge in [0, 0.05) is 19.2 Å². The van der Waals surface area contributed by atoms with Crippen molar-refractivity contribution in [2.75, 3.05) is 19.7 Å². The second kappa shape index (κ2) is 7.55. The van der Waals surface area contributed by atoms with Crippen LogP contribution in [-0.4, -0.2) is 40.5 Å². The summed E-state index contributed by atoms with van der Waals surface area (Å²) in [4.78, 5) is 14.1. The lowest BCUT2D eigenvalue weighted by molar-refractivity contribution is -0.0123. The van der Waals surface area contributed by atoms with Gasteiger partial charge in [0.1, 0.15) is 0 Å². The first-order chi connectivity index (χ1) is 9.69. The maximum absolute atomic E-state index is 11.8. The Bertz CT molecular complexity index is 466. The van der Waals surface area contributed by atoms with Gasteiger partial charge in [-0.25, -0.2) is 4.68 Å². The first-order valence-corrected chi connectivity index (χ1v) is 7.57. The van der Waals surface area contributed by atoms with Gasteiger partial charge in [0.2, 0.25) is 0 Å². The molecule has 5 nitrogen and oxygen atoms in total. The second-order valence-electron chi connectivity index (χ2n) is 5.52. The van der Waals surface area contributed by atoms with Crippen LogP contribution in [-0.2, 0) is 11.4 Å². The zero-order valence-electron chi connectivity index (χ0n) is 12.5. The summed E-state index contributed by atoms with van der Waals surface area (Å²) in [5.74, 6) is 0. The van der Waals surface area contributed by atoms with E-state index in [2.05, 4.69) is 16.9 Å². The molecule has 1 atom stereocenters. The lowest BCUT2D eigenvalue weighted by Crippen LogP contribution is -2.40. The fraction of sp³-hybridized carbons (Fsp3) is 0.733. The summed E-state index contributed by atoms with van der Waals surface area (Å²) in [7, 11) is 0. The maximum atomic E-state index is 11.8. The van der Waals surface area contributed by atoms with Crippen molar-refractivity contribution in [3.63, 3.8) is 0 Å². The number of hydrogen-bond acceptors (Lipinski definition) is 4. The average molecular weight is 279 g/mol. The van der Waals surface area contributed by atoms with Gasteiger partial charge in [-0.1, -0.05) is 6.92 Å². The third-order valence-corrected chi connectivity index (χ3v) is 3.61. The molecule has 0 unspecified atom stereocenters. The molecule has 1 aliphatic rings. The Kier molecular flexibility index (Phi) is 5.73. The van der Waals surface area contributed by atoms with E-state index in [0.717, 1.165) is 38.2 Å². The zero-order valence-corrected chi connectivity index (χ0v) is 12.5. The Hall–Kier alpha value is -1.20. The highest BCUT2D eigenvalue weighted by Gasteiger charge is 2.18. The van der Waals surface area contributed by atoms with Gasteiger partial charge in [-0.3, -0.25) is 9.69 Å². The van der Waals surface area contributed by atoms with E-state index in [1.165, 1.54) is 12.8 Å². The van der Waals surface area contributed by atoms with Gasteiger partial charge in [0.25, 0.3) is 5.56 Å². The van der Waals surface area contributed by atoms with Gasteiger partial charge in [-0.2, -0.15) is 5.10 Å². The van der Waals surface area contributed by atoms with Crippen LogP contribution in [0.1, 0.15) is 38.3 Å². The molecule has 1 aromatic rings. The van der Waals surface area contributed by atoms with Crippen LogP contribution in [0.25, 0.3) is 0 Å². The minimum absolute atomic E-state index is 0.0405. The third kappa shape index (κ3) is 4.42. The van der Waals surface area contributed by atoms with Gasteiger partial charge in [0.05, 0.1) is 18.5 Å². The first kappa shape index (κ1) is 15.2. The Labute approximate surface area is 120 Å². The van der Waals surface area contributed by atoms with Crippen LogP contribution < -0.4 is 5.56 Å². The fourth-order valence-corrected chi connectivity index (χ4v) is 2.62.